The molecule has 1 amide bonds. The predicted octanol–water partition coefficient (Wildman–Crippen LogP) is 9.87. The van der Waals surface area contributed by atoms with Crippen molar-refractivity contribution in [2.45, 2.75) is 205 Å². The lowest BCUT2D eigenvalue weighted by Crippen LogP contribution is -2.45. The molecule has 254 valence electrons. The highest BCUT2D eigenvalue weighted by Gasteiger charge is 2.20. The summed E-state index contributed by atoms with van der Waals surface area (Å²) in [5, 5.41) is 33.0. The van der Waals surface area contributed by atoms with Gasteiger partial charge in [0.1, 0.15) is 0 Å². The van der Waals surface area contributed by atoms with Crippen molar-refractivity contribution in [1.29, 1.82) is 0 Å². The third-order valence-corrected chi connectivity index (χ3v) is 8.49. The van der Waals surface area contributed by atoms with Gasteiger partial charge in [-0.3, -0.25) is 4.79 Å². The standard InChI is InChI=1S/C38H73NO4/c1-3-5-7-9-11-13-15-16-17-18-19-20-21-22-24-26-28-30-32-37(42)36(34-40)39-38(43)33-35(41)31-29-27-25-23-14-12-10-8-6-4-2/h22,24,30,32,35-37,40-42H,3-21,23,25-29,31,33-34H2,1-2H3,(H,39,43)/b24-22+,32-30+. The summed E-state index contributed by atoms with van der Waals surface area (Å²) in [7, 11) is 0. The molecular formula is C38H73NO4. The van der Waals surface area contributed by atoms with Crippen LogP contribution in [0.5, 0.6) is 0 Å². The molecule has 0 spiro atoms. The summed E-state index contributed by atoms with van der Waals surface area (Å²) in [4.78, 5) is 12.3. The molecule has 0 saturated carbocycles. The zero-order valence-corrected chi connectivity index (χ0v) is 28.6. The molecule has 4 N–H and O–H groups in total. The molecule has 0 aliphatic carbocycles. The Kier molecular flexibility index (Phi) is 32.8. The van der Waals surface area contributed by atoms with Crippen molar-refractivity contribution in [3.63, 3.8) is 0 Å². The highest BCUT2D eigenvalue weighted by Crippen LogP contribution is 2.14. The first-order valence-corrected chi connectivity index (χ1v) is 18.6. The fourth-order valence-corrected chi connectivity index (χ4v) is 5.59. The number of allylic oxidation sites excluding steroid dienone is 3. The van der Waals surface area contributed by atoms with Gasteiger partial charge in [-0.2, -0.15) is 0 Å². The number of unbranched alkanes of at least 4 members (excludes halogenated alkanes) is 22. The van der Waals surface area contributed by atoms with Crippen LogP contribution in [0.15, 0.2) is 24.3 Å². The second-order valence-electron chi connectivity index (χ2n) is 12.8. The quantitative estimate of drug-likeness (QED) is 0.0441. The van der Waals surface area contributed by atoms with Gasteiger partial charge in [-0.15, -0.1) is 0 Å². The van der Waals surface area contributed by atoms with Gasteiger partial charge in [0.15, 0.2) is 0 Å². The van der Waals surface area contributed by atoms with E-state index >= 15 is 0 Å². The predicted molar refractivity (Wildman–Crippen MR) is 185 cm³/mol. The molecule has 5 heteroatoms. The van der Waals surface area contributed by atoms with E-state index < -0.39 is 18.2 Å². The third-order valence-electron chi connectivity index (χ3n) is 8.49. The smallest absolute Gasteiger partial charge is 0.222 e. The fraction of sp³-hybridized carbons (Fsp3) is 0.868. The van der Waals surface area contributed by atoms with Crippen LogP contribution in [0.1, 0.15) is 187 Å². The number of aliphatic hydroxyl groups excluding tert-OH is 3. The summed E-state index contributed by atoms with van der Waals surface area (Å²) >= 11 is 0. The fourth-order valence-electron chi connectivity index (χ4n) is 5.59. The second-order valence-corrected chi connectivity index (χ2v) is 12.8. The van der Waals surface area contributed by atoms with Gasteiger partial charge >= 0.3 is 0 Å². The average Bonchev–Trinajstić information content (AvgIpc) is 3.00. The van der Waals surface area contributed by atoms with Gasteiger partial charge in [0.2, 0.25) is 5.91 Å². The summed E-state index contributed by atoms with van der Waals surface area (Å²) in [5.74, 6) is -0.327. The Morgan fingerprint density at radius 2 is 1.00 bits per heavy atom. The van der Waals surface area contributed by atoms with E-state index in [0.29, 0.717) is 6.42 Å². The summed E-state index contributed by atoms with van der Waals surface area (Å²) < 4.78 is 0. The Morgan fingerprint density at radius 1 is 0.581 bits per heavy atom. The third kappa shape index (κ3) is 30.6. The number of carbonyl (C=O) groups is 1. The van der Waals surface area contributed by atoms with E-state index in [1.807, 2.05) is 6.08 Å². The first-order valence-electron chi connectivity index (χ1n) is 18.6. The van der Waals surface area contributed by atoms with Crippen molar-refractivity contribution in [3.05, 3.63) is 24.3 Å². The van der Waals surface area contributed by atoms with Crippen LogP contribution in [0.2, 0.25) is 0 Å². The maximum Gasteiger partial charge on any atom is 0.222 e. The van der Waals surface area contributed by atoms with E-state index in [1.54, 1.807) is 6.08 Å². The SMILES string of the molecule is CCCCCCCCCCCCCC/C=C/CC/C=C/C(O)C(CO)NC(=O)CC(O)CCCCCCCCCCCC. The summed E-state index contributed by atoms with van der Waals surface area (Å²) in [6, 6.07) is -0.755. The molecule has 5 nitrogen and oxygen atoms in total. The summed E-state index contributed by atoms with van der Waals surface area (Å²) in [6.07, 6.45) is 38.8. The Morgan fingerprint density at radius 3 is 1.49 bits per heavy atom. The minimum Gasteiger partial charge on any atom is -0.394 e. The Bertz CT molecular complexity index is 635. The molecule has 0 radical (unpaired) electrons. The Labute approximate surface area is 267 Å². The number of hydrogen-bond acceptors (Lipinski definition) is 4. The maximum atomic E-state index is 12.3. The van der Waals surface area contributed by atoms with Gasteiger partial charge in [0.05, 0.1) is 31.3 Å². The van der Waals surface area contributed by atoms with Crippen molar-refractivity contribution in [2.75, 3.05) is 6.61 Å². The maximum absolute atomic E-state index is 12.3. The van der Waals surface area contributed by atoms with Crippen molar-refractivity contribution in [2.24, 2.45) is 0 Å². The van der Waals surface area contributed by atoms with E-state index in [-0.39, 0.29) is 18.9 Å². The molecule has 0 saturated heterocycles. The van der Waals surface area contributed by atoms with Crippen LogP contribution in [0.25, 0.3) is 0 Å². The van der Waals surface area contributed by atoms with Crippen LogP contribution in [0.3, 0.4) is 0 Å². The van der Waals surface area contributed by atoms with Gasteiger partial charge in [0, 0.05) is 0 Å². The largest absolute Gasteiger partial charge is 0.394 e. The van der Waals surface area contributed by atoms with Crippen LogP contribution < -0.4 is 5.32 Å². The van der Waals surface area contributed by atoms with Crippen LogP contribution in [0, 0.1) is 0 Å². The Balaban J connectivity index is 3.77. The molecule has 43 heavy (non-hydrogen) atoms. The molecule has 0 aromatic rings. The van der Waals surface area contributed by atoms with Crippen LogP contribution in [-0.4, -0.2) is 46.1 Å². The van der Waals surface area contributed by atoms with Crippen LogP contribution in [-0.2, 0) is 4.79 Å². The minimum atomic E-state index is -0.946. The number of carbonyl (C=O) groups excluding carboxylic acids is 1. The molecular weight excluding hydrogens is 534 g/mol. The molecule has 0 bridgehead atoms. The normalized spacial score (nSPS) is 14.1. The summed E-state index contributed by atoms with van der Waals surface area (Å²) in [5.41, 5.74) is 0. The first-order chi connectivity index (χ1) is 21.0. The van der Waals surface area contributed by atoms with Gasteiger partial charge in [0.25, 0.3) is 0 Å². The van der Waals surface area contributed by atoms with Crippen molar-refractivity contribution in [1.82, 2.24) is 5.32 Å². The number of rotatable bonds is 33. The highest BCUT2D eigenvalue weighted by atomic mass is 16.3. The topological polar surface area (TPSA) is 89.8 Å². The van der Waals surface area contributed by atoms with E-state index in [9.17, 15) is 20.1 Å². The first kappa shape index (κ1) is 41.8. The number of amides is 1. The van der Waals surface area contributed by atoms with Crippen LogP contribution >= 0.6 is 0 Å². The molecule has 0 aromatic carbocycles. The van der Waals surface area contributed by atoms with E-state index in [0.717, 1.165) is 32.1 Å². The zero-order chi connectivity index (χ0) is 31.6. The molecule has 0 aromatic heterocycles. The molecule has 0 heterocycles. The highest BCUT2D eigenvalue weighted by molar-refractivity contribution is 5.76. The van der Waals surface area contributed by atoms with Gasteiger partial charge in [-0.1, -0.05) is 173 Å². The van der Waals surface area contributed by atoms with Gasteiger partial charge < -0.3 is 20.6 Å². The number of aliphatic hydroxyl groups is 3. The van der Waals surface area contributed by atoms with E-state index in [4.69, 9.17) is 0 Å². The lowest BCUT2D eigenvalue weighted by atomic mass is 10.0. The lowest BCUT2D eigenvalue weighted by Gasteiger charge is -2.21. The van der Waals surface area contributed by atoms with Gasteiger partial charge in [-0.25, -0.2) is 0 Å². The van der Waals surface area contributed by atoms with Crippen molar-refractivity contribution in [3.8, 4) is 0 Å². The molecule has 0 fully saturated rings. The zero-order valence-electron chi connectivity index (χ0n) is 28.6. The molecule has 0 rings (SSSR count). The lowest BCUT2D eigenvalue weighted by molar-refractivity contribution is -0.124. The average molecular weight is 608 g/mol. The molecule has 3 atom stereocenters. The molecule has 0 aliphatic heterocycles. The number of hydrogen-bond donors (Lipinski definition) is 4. The van der Waals surface area contributed by atoms with E-state index in [2.05, 4.69) is 31.3 Å². The van der Waals surface area contributed by atoms with Crippen molar-refractivity contribution >= 4 is 5.91 Å². The number of nitrogens with one attached hydrogen (secondary N) is 1. The van der Waals surface area contributed by atoms with E-state index in [1.165, 1.54) is 128 Å². The molecule has 3 unspecified atom stereocenters. The monoisotopic (exact) mass is 608 g/mol. The Hall–Kier alpha value is -1.17. The van der Waals surface area contributed by atoms with Crippen molar-refractivity contribution < 1.29 is 20.1 Å². The van der Waals surface area contributed by atoms with Crippen LogP contribution in [0.4, 0.5) is 0 Å². The van der Waals surface area contributed by atoms with Gasteiger partial charge in [-0.05, 0) is 32.1 Å². The summed E-state index contributed by atoms with van der Waals surface area (Å²) in [6.45, 7) is 4.17. The minimum absolute atomic E-state index is 0.00828. The second kappa shape index (κ2) is 33.7. The molecule has 0 aliphatic rings.